The number of para-hydroxylation sites is 1. The fourth-order valence-electron chi connectivity index (χ4n) is 3.04. The van der Waals surface area contributed by atoms with Crippen LogP contribution in [-0.2, 0) is 19.5 Å². The first-order valence-electron chi connectivity index (χ1n) is 8.14. The molecule has 2 N–H and O–H groups in total. The van der Waals surface area contributed by atoms with Crippen molar-refractivity contribution in [3.8, 4) is 0 Å². The maximum Gasteiger partial charge on any atom is 0.315 e. The van der Waals surface area contributed by atoms with E-state index in [9.17, 15) is 4.79 Å². The predicted molar refractivity (Wildman–Crippen MR) is 88.3 cm³/mol. The summed E-state index contributed by atoms with van der Waals surface area (Å²) in [6, 6.07) is 9.27. The second kappa shape index (κ2) is 5.99. The molecule has 124 valence electrons. The molecular weight excluding hydrogens is 306 g/mol. The predicted octanol–water partition coefficient (Wildman–Crippen LogP) is 2.53. The number of hydrogen-bond donors (Lipinski definition) is 2. The lowest BCUT2D eigenvalue weighted by atomic mass is 10.2. The van der Waals surface area contributed by atoms with E-state index >= 15 is 0 Å². The van der Waals surface area contributed by atoms with Gasteiger partial charge >= 0.3 is 6.03 Å². The average molecular weight is 325 g/mol. The van der Waals surface area contributed by atoms with Gasteiger partial charge in [0.05, 0.1) is 12.6 Å². The lowest BCUT2D eigenvalue weighted by molar-refractivity contribution is 0.235. The summed E-state index contributed by atoms with van der Waals surface area (Å²) < 4.78 is 7.85. The van der Waals surface area contributed by atoms with Crippen LogP contribution in [-0.4, -0.2) is 20.8 Å². The van der Waals surface area contributed by atoms with Gasteiger partial charge in [0.2, 0.25) is 0 Å². The second-order valence-electron chi connectivity index (χ2n) is 6.02. The van der Waals surface area contributed by atoms with Gasteiger partial charge in [-0.1, -0.05) is 18.2 Å². The molecular formula is C17H19N5O2. The van der Waals surface area contributed by atoms with Crippen LogP contribution < -0.4 is 10.6 Å². The summed E-state index contributed by atoms with van der Waals surface area (Å²) in [5, 5.41) is 15.0. The number of carbonyl (C=O) groups excluding carboxylic acids is 1. The lowest BCUT2D eigenvalue weighted by Gasteiger charge is -2.12. The smallest absolute Gasteiger partial charge is 0.315 e. The zero-order chi connectivity index (χ0) is 16.5. The van der Waals surface area contributed by atoms with Crippen molar-refractivity contribution in [1.82, 2.24) is 25.4 Å². The van der Waals surface area contributed by atoms with Gasteiger partial charge in [-0.2, -0.15) is 0 Å². The van der Waals surface area contributed by atoms with E-state index in [1.54, 1.807) is 0 Å². The third-order valence-corrected chi connectivity index (χ3v) is 4.31. The van der Waals surface area contributed by atoms with Gasteiger partial charge in [0, 0.05) is 18.4 Å². The summed E-state index contributed by atoms with van der Waals surface area (Å²) in [6.45, 7) is 3.19. The number of rotatable bonds is 4. The number of aromatic nitrogens is 3. The van der Waals surface area contributed by atoms with E-state index in [1.807, 2.05) is 37.3 Å². The number of aryl methyl sites for hydroxylation is 1. The molecule has 1 atom stereocenters. The molecule has 0 spiro atoms. The van der Waals surface area contributed by atoms with Gasteiger partial charge in [0.15, 0.2) is 5.82 Å². The summed E-state index contributed by atoms with van der Waals surface area (Å²) in [7, 11) is 0. The van der Waals surface area contributed by atoms with Gasteiger partial charge in [0.25, 0.3) is 0 Å². The van der Waals surface area contributed by atoms with Crippen molar-refractivity contribution >= 4 is 17.0 Å². The molecule has 0 saturated heterocycles. The molecule has 24 heavy (non-hydrogen) atoms. The van der Waals surface area contributed by atoms with Gasteiger partial charge in [-0.25, -0.2) is 4.79 Å². The molecule has 7 heteroatoms. The van der Waals surface area contributed by atoms with Crippen molar-refractivity contribution < 1.29 is 9.21 Å². The molecule has 0 radical (unpaired) electrons. The zero-order valence-corrected chi connectivity index (χ0v) is 13.5. The highest BCUT2D eigenvalue weighted by Gasteiger charge is 2.18. The van der Waals surface area contributed by atoms with Crippen molar-refractivity contribution in [3.63, 3.8) is 0 Å². The van der Waals surface area contributed by atoms with Gasteiger partial charge in [-0.3, -0.25) is 0 Å². The first-order valence-corrected chi connectivity index (χ1v) is 8.14. The molecule has 3 aromatic rings. The van der Waals surface area contributed by atoms with Crippen LogP contribution in [0.4, 0.5) is 4.79 Å². The molecule has 7 nitrogen and oxygen atoms in total. The Labute approximate surface area is 139 Å². The van der Waals surface area contributed by atoms with Crippen molar-refractivity contribution in [3.05, 3.63) is 47.7 Å². The first kappa shape index (κ1) is 14.7. The number of carbonyl (C=O) groups is 1. The van der Waals surface area contributed by atoms with E-state index in [-0.39, 0.29) is 12.1 Å². The minimum absolute atomic E-state index is 0.221. The van der Waals surface area contributed by atoms with Gasteiger partial charge in [0.1, 0.15) is 17.2 Å². The molecule has 0 bridgehead atoms. The van der Waals surface area contributed by atoms with Crippen LogP contribution in [0, 0.1) is 0 Å². The van der Waals surface area contributed by atoms with Crippen LogP contribution in [0.1, 0.15) is 36.8 Å². The topological polar surface area (TPSA) is 85.0 Å². The maximum atomic E-state index is 12.1. The number of amides is 2. The van der Waals surface area contributed by atoms with Crippen LogP contribution in [0.2, 0.25) is 0 Å². The van der Waals surface area contributed by atoms with Gasteiger partial charge < -0.3 is 19.6 Å². The van der Waals surface area contributed by atoms with Crippen LogP contribution in [0.25, 0.3) is 11.0 Å². The lowest BCUT2D eigenvalue weighted by Crippen LogP contribution is -2.37. The Kier molecular flexibility index (Phi) is 3.68. The van der Waals surface area contributed by atoms with E-state index in [0.717, 1.165) is 47.8 Å². The number of nitrogens with one attached hydrogen (secondary N) is 2. The van der Waals surface area contributed by atoms with Crippen molar-refractivity contribution in [2.45, 2.75) is 38.9 Å². The summed E-state index contributed by atoms with van der Waals surface area (Å²) in [6.07, 6.45) is 2.05. The Balaban J connectivity index is 1.36. The maximum absolute atomic E-state index is 12.1. The van der Waals surface area contributed by atoms with Crippen LogP contribution >= 0.6 is 0 Å². The minimum atomic E-state index is -0.252. The quantitative estimate of drug-likeness (QED) is 0.772. The fourth-order valence-corrected chi connectivity index (χ4v) is 3.04. The Morgan fingerprint density at radius 1 is 1.38 bits per heavy atom. The van der Waals surface area contributed by atoms with Crippen LogP contribution in [0.15, 0.2) is 34.7 Å². The molecule has 2 amide bonds. The van der Waals surface area contributed by atoms with Gasteiger partial charge in [-0.05, 0) is 25.5 Å². The normalized spacial score (nSPS) is 14.5. The number of urea groups is 1. The van der Waals surface area contributed by atoms with Gasteiger partial charge in [-0.15, -0.1) is 10.2 Å². The molecule has 4 rings (SSSR count). The van der Waals surface area contributed by atoms with Crippen LogP contribution in [0.3, 0.4) is 0 Å². The fraction of sp³-hybridized carbons (Fsp3) is 0.353. The summed E-state index contributed by atoms with van der Waals surface area (Å²) in [5.74, 6) is 2.53. The average Bonchev–Trinajstić information content (AvgIpc) is 3.28. The Morgan fingerprint density at radius 3 is 3.12 bits per heavy atom. The Bertz CT molecular complexity index is 849. The van der Waals surface area contributed by atoms with Crippen molar-refractivity contribution in [2.75, 3.05) is 0 Å². The Morgan fingerprint density at radius 2 is 2.25 bits per heavy atom. The Hall–Kier alpha value is -2.83. The van der Waals surface area contributed by atoms with E-state index in [0.29, 0.717) is 6.54 Å². The first-order chi connectivity index (χ1) is 11.7. The monoisotopic (exact) mass is 325 g/mol. The molecule has 1 aromatic carbocycles. The van der Waals surface area contributed by atoms with Crippen molar-refractivity contribution in [1.29, 1.82) is 0 Å². The standard InChI is InChI=1S/C17H19N5O2/c1-11(14-9-12-5-2-3-6-13(12)24-14)19-17(23)18-10-16-21-20-15-7-4-8-22(15)16/h2-3,5-6,9,11H,4,7-8,10H2,1H3,(H2,18,19,23)/t11-/m1/s1. The highest BCUT2D eigenvalue weighted by Crippen LogP contribution is 2.23. The van der Waals surface area contributed by atoms with E-state index < -0.39 is 0 Å². The third kappa shape index (κ3) is 2.73. The largest absolute Gasteiger partial charge is 0.459 e. The number of benzene rings is 1. The highest BCUT2D eigenvalue weighted by molar-refractivity contribution is 5.78. The molecule has 0 saturated carbocycles. The van der Waals surface area contributed by atoms with Crippen molar-refractivity contribution in [2.24, 2.45) is 0 Å². The number of nitrogens with zero attached hydrogens (tertiary/aromatic N) is 3. The minimum Gasteiger partial charge on any atom is -0.459 e. The highest BCUT2D eigenvalue weighted by atomic mass is 16.3. The molecule has 0 unspecified atom stereocenters. The third-order valence-electron chi connectivity index (χ3n) is 4.31. The van der Waals surface area contributed by atoms with Crippen LogP contribution in [0.5, 0.6) is 0 Å². The van der Waals surface area contributed by atoms with E-state index in [2.05, 4.69) is 25.4 Å². The molecule has 3 heterocycles. The molecule has 1 aliphatic heterocycles. The zero-order valence-electron chi connectivity index (χ0n) is 13.5. The summed E-state index contributed by atoms with van der Waals surface area (Å²) in [5.41, 5.74) is 0.820. The number of hydrogen-bond acceptors (Lipinski definition) is 4. The SMILES string of the molecule is C[C@@H](NC(=O)NCc1nnc2n1CCC2)c1cc2ccccc2o1. The molecule has 2 aromatic heterocycles. The summed E-state index contributed by atoms with van der Waals surface area (Å²) >= 11 is 0. The molecule has 1 aliphatic rings. The molecule has 0 fully saturated rings. The van der Waals surface area contributed by atoms with E-state index in [4.69, 9.17) is 4.42 Å². The number of furan rings is 1. The summed E-state index contributed by atoms with van der Waals surface area (Å²) in [4.78, 5) is 12.1. The molecule has 0 aliphatic carbocycles. The number of fused-ring (bicyclic) bond motifs is 2. The second-order valence-corrected chi connectivity index (χ2v) is 6.02. The van der Waals surface area contributed by atoms with E-state index in [1.165, 1.54) is 0 Å².